The molecular weight excluding hydrogens is 369 g/mol. The van der Waals surface area contributed by atoms with E-state index in [9.17, 15) is 22.8 Å². The van der Waals surface area contributed by atoms with Crippen molar-refractivity contribution in [1.82, 2.24) is 9.80 Å². The summed E-state index contributed by atoms with van der Waals surface area (Å²) in [7, 11) is 0. The SMILES string of the molecule is CC(=O)N1CCC2(CCCN(C(=O)c3ccc(Cl)c(C(F)(F)F)c3)C2)C1. The lowest BCUT2D eigenvalue weighted by Gasteiger charge is -2.40. The van der Waals surface area contributed by atoms with Crippen LogP contribution >= 0.6 is 11.6 Å². The summed E-state index contributed by atoms with van der Waals surface area (Å²) in [5, 5.41) is -0.419. The summed E-state index contributed by atoms with van der Waals surface area (Å²) in [6.45, 7) is 3.75. The molecule has 1 unspecified atom stereocenters. The maximum absolute atomic E-state index is 13.0. The lowest BCUT2D eigenvalue weighted by atomic mass is 9.79. The molecule has 3 rings (SSSR count). The van der Waals surface area contributed by atoms with Crippen LogP contribution in [0.25, 0.3) is 0 Å². The Balaban J connectivity index is 1.79. The van der Waals surface area contributed by atoms with E-state index in [4.69, 9.17) is 11.6 Å². The van der Waals surface area contributed by atoms with Crippen LogP contribution in [0.4, 0.5) is 13.2 Å². The number of halogens is 4. The van der Waals surface area contributed by atoms with E-state index in [1.165, 1.54) is 13.0 Å². The van der Waals surface area contributed by atoms with E-state index in [0.717, 1.165) is 31.4 Å². The second-order valence-electron chi connectivity index (χ2n) is 7.21. The van der Waals surface area contributed by atoms with Crippen LogP contribution in [0.2, 0.25) is 5.02 Å². The molecule has 1 aromatic rings. The van der Waals surface area contributed by atoms with Gasteiger partial charge in [0.05, 0.1) is 10.6 Å². The van der Waals surface area contributed by atoms with E-state index in [-0.39, 0.29) is 16.9 Å². The normalized spacial score (nSPS) is 23.6. The summed E-state index contributed by atoms with van der Waals surface area (Å²) >= 11 is 5.63. The molecule has 0 saturated carbocycles. The summed E-state index contributed by atoms with van der Waals surface area (Å²) in [5.41, 5.74) is -1.17. The molecule has 1 spiro atoms. The number of alkyl halides is 3. The van der Waals surface area contributed by atoms with Crippen molar-refractivity contribution < 1.29 is 22.8 Å². The number of hydrogen-bond acceptors (Lipinski definition) is 2. The number of carbonyl (C=O) groups excluding carboxylic acids is 2. The van der Waals surface area contributed by atoms with Crippen molar-refractivity contribution in [3.63, 3.8) is 0 Å². The molecule has 2 aliphatic heterocycles. The van der Waals surface area contributed by atoms with Crippen molar-refractivity contribution in [2.75, 3.05) is 26.2 Å². The molecule has 2 fully saturated rings. The fourth-order valence-electron chi connectivity index (χ4n) is 3.98. The Morgan fingerprint density at radius 1 is 1.12 bits per heavy atom. The Bertz CT molecular complexity index is 738. The maximum atomic E-state index is 13.0. The number of benzene rings is 1. The predicted octanol–water partition coefficient (Wildman–Crippen LogP) is 3.83. The molecule has 0 bridgehead atoms. The van der Waals surface area contributed by atoms with Crippen LogP contribution in [0.15, 0.2) is 18.2 Å². The first kappa shape index (κ1) is 19.0. The molecule has 1 atom stereocenters. The average Bonchev–Trinajstić information content (AvgIpc) is 2.97. The fourth-order valence-corrected chi connectivity index (χ4v) is 4.20. The van der Waals surface area contributed by atoms with Gasteiger partial charge in [0, 0.05) is 44.1 Å². The zero-order valence-electron chi connectivity index (χ0n) is 14.4. The molecule has 0 aromatic heterocycles. The van der Waals surface area contributed by atoms with Gasteiger partial charge in [-0.3, -0.25) is 9.59 Å². The number of hydrogen-bond donors (Lipinski definition) is 0. The fraction of sp³-hybridized carbons (Fsp3) is 0.556. The monoisotopic (exact) mass is 388 g/mol. The van der Waals surface area contributed by atoms with Crippen molar-refractivity contribution in [1.29, 1.82) is 0 Å². The zero-order chi connectivity index (χ0) is 19.1. The van der Waals surface area contributed by atoms with E-state index >= 15 is 0 Å². The van der Waals surface area contributed by atoms with E-state index in [1.54, 1.807) is 9.80 Å². The van der Waals surface area contributed by atoms with Crippen molar-refractivity contribution in [3.05, 3.63) is 34.3 Å². The summed E-state index contributed by atoms with van der Waals surface area (Å²) in [6, 6.07) is 3.27. The molecule has 4 nitrogen and oxygen atoms in total. The smallest absolute Gasteiger partial charge is 0.342 e. The third-order valence-electron chi connectivity index (χ3n) is 5.35. The molecule has 1 aromatic carbocycles. The average molecular weight is 389 g/mol. The third-order valence-corrected chi connectivity index (χ3v) is 5.68. The molecule has 0 N–H and O–H groups in total. The minimum Gasteiger partial charge on any atom is -0.342 e. The largest absolute Gasteiger partial charge is 0.417 e. The molecule has 8 heteroatoms. The van der Waals surface area contributed by atoms with Gasteiger partial charge in [-0.15, -0.1) is 0 Å². The molecule has 142 valence electrons. The quantitative estimate of drug-likeness (QED) is 0.733. The van der Waals surface area contributed by atoms with Crippen molar-refractivity contribution >= 4 is 23.4 Å². The van der Waals surface area contributed by atoms with Crippen molar-refractivity contribution in [2.24, 2.45) is 5.41 Å². The van der Waals surface area contributed by atoms with Gasteiger partial charge in [-0.25, -0.2) is 0 Å². The summed E-state index contributed by atoms with van der Waals surface area (Å²) < 4.78 is 39.1. The van der Waals surface area contributed by atoms with Gasteiger partial charge in [0.25, 0.3) is 5.91 Å². The Hall–Kier alpha value is -1.76. The number of likely N-dealkylation sites (tertiary alicyclic amines) is 2. The van der Waals surface area contributed by atoms with Gasteiger partial charge in [0.15, 0.2) is 0 Å². The zero-order valence-corrected chi connectivity index (χ0v) is 15.2. The topological polar surface area (TPSA) is 40.6 Å². The first-order valence-corrected chi connectivity index (χ1v) is 8.91. The molecule has 2 heterocycles. The first-order chi connectivity index (χ1) is 12.1. The Kier molecular flexibility index (Phi) is 4.94. The molecule has 2 saturated heterocycles. The van der Waals surface area contributed by atoms with Crippen LogP contribution in [-0.4, -0.2) is 47.8 Å². The minimum absolute atomic E-state index is 0.0119. The molecule has 2 aliphatic rings. The van der Waals surface area contributed by atoms with E-state index in [0.29, 0.717) is 26.2 Å². The van der Waals surface area contributed by atoms with Crippen molar-refractivity contribution in [3.8, 4) is 0 Å². The van der Waals surface area contributed by atoms with Gasteiger partial charge in [-0.2, -0.15) is 13.2 Å². The molecular formula is C18H20ClF3N2O2. The second-order valence-corrected chi connectivity index (χ2v) is 7.62. The number of nitrogens with zero attached hydrogens (tertiary/aromatic N) is 2. The molecule has 2 amide bonds. The number of rotatable bonds is 1. The molecule has 26 heavy (non-hydrogen) atoms. The van der Waals surface area contributed by atoms with Gasteiger partial charge in [0.2, 0.25) is 5.91 Å². The maximum Gasteiger partial charge on any atom is 0.417 e. The standard InChI is InChI=1S/C18H20ClF3N2O2/c1-12(25)23-8-6-17(10-23)5-2-7-24(11-17)16(26)13-3-4-15(19)14(9-13)18(20,21)22/h3-4,9H,2,5-8,10-11H2,1H3. The van der Waals surface area contributed by atoms with Crippen LogP contribution in [0, 0.1) is 5.41 Å². The Labute approximate surface area is 154 Å². The lowest BCUT2D eigenvalue weighted by molar-refractivity contribution is -0.137. The lowest BCUT2D eigenvalue weighted by Crippen LogP contribution is -2.47. The van der Waals surface area contributed by atoms with Crippen LogP contribution < -0.4 is 0 Å². The Morgan fingerprint density at radius 3 is 2.42 bits per heavy atom. The second kappa shape index (κ2) is 6.76. The highest BCUT2D eigenvalue weighted by atomic mass is 35.5. The number of amides is 2. The van der Waals surface area contributed by atoms with Crippen LogP contribution in [-0.2, 0) is 11.0 Å². The van der Waals surface area contributed by atoms with E-state index < -0.39 is 22.7 Å². The minimum atomic E-state index is -4.61. The summed E-state index contributed by atoms with van der Waals surface area (Å²) in [4.78, 5) is 27.8. The first-order valence-electron chi connectivity index (χ1n) is 8.53. The van der Waals surface area contributed by atoms with E-state index in [1.807, 2.05) is 0 Å². The van der Waals surface area contributed by atoms with Gasteiger partial charge < -0.3 is 9.80 Å². The van der Waals surface area contributed by atoms with Crippen LogP contribution in [0.3, 0.4) is 0 Å². The van der Waals surface area contributed by atoms with Crippen LogP contribution in [0.1, 0.15) is 42.1 Å². The number of piperidine rings is 1. The van der Waals surface area contributed by atoms with Gasteiger partial charge in [0.1, 0.15) is 0 Å². The Morgan fingerprint density at radius 2 is 1.81 bits per heavy atom. The number of carbonyl (C=O) groups is 2. The van der Waals surface area contributed by atoms with Crippen LogP contribution in [0.5, 0.6) is 0 Å². The highest BCUT2D eigenvalue weighted by Crippen LogP contribution is 2.40. The molecule has 0 radical (unpaired) electrons. The van der Waals surface area contributed by atoms with Gasteiger partial charge in [-0.1, -0.05) is 11.6 Å². The predicted molar refractivity (Wildman–Crippen MR) is 90.9 cm³/mol. The summed E-state index contributed by atoms with van der Waals surface area (Å²) in [5.74, 6) is -0.412. The molecule has 0 aliphatic carbocycles. The highest BCUT2D eigenvalue weighted by Gasteiger charge is 2.43. The van der Waals surface area contributed by atoms with Gasteiger partial charge in [-0.05, 0) is 37.5 Å². The van der Waals surface area contributed by atoms with E-state index in [2.05, 4.69) is 0 Å². The third kappa shape index (κ3) is 3.68. The highest BCUT2D eigenvalue weighted by molar-refractivity contribution is 6.31. The summed E-state index contributed by atoms with van der Waals surface area (Å²) in [6.07, 6.45) is -2.11. The van der Waals surface area contributed by atoms with Gasteiger partial charge >= 0.3 is 6.18 Å². The van der Waals surface area contributed by atoms with Crippen molar-refractivity contribution in [2.45, 2.75) is 32.4 Å².